The summed E-state index contributed by atoms with van der Waals surface area (Å²) in [5, 5.41) is 7.15. The van der Waals surface area contributed by atoms with Crippen molar-refractivity contribution < 1.29 is 14.3 Å². The van der Waals surface area contributed by atoms with Crippen LogP contribution in [0.5, 0.6) is 0 Å². The lowest BCUT2D eigenvalue weighted by molar-refractivity contribution is -0.119. The van der Waals surface area contributed by atoms with E-state index in [2.05, 4.69) is 20.4 Å². The quantitative estimate of drug-likeness (QED) is 0.348. The molecule has 1 aromatic heterocycles. The van der Waals surface area contributed by atoms with Crippen LogP contribution >= 0.6 is 0 Å². The zero-order valence-electron chi connectivity index (χ0n) is 18.1. The predicted molar refractivity (Wildman–Crippen MR) is 122 cm³/mol. The molecule has 0 aliphatic carbocycles. The van der Waals surface area contributed by atoms with Crippen LogP contribution in [0.1, 0.15) is 32.9 Å². The van der Waals surface area contributed by atoms with Crippen LogP contribution in [-0.2, 0) is 9.53 Å². The normalized spacial score (nSPS) is 10.8. The van der Waals surface area contributed by atoms with Crippen LogP contribution in [0.3, 0.4) is 0 Å². The summed E-state index contributed by atoms with van der Waals surface area (Å²) in [6.07, 6.45) is 1.63. The number of hydrogen-bond acceptors (Lipinski definition) is 5. The van der Waals surface area contributed by atoms with Gasteiger partial charge in [-0.1, -0.05) is 17.7 Å². The summed E-state index contributed by atoms with van der Waals surface area (Å²) in [5.41, 5.74) is 8.88. The fourth-order valence-electron chi connectivity index (χ4n) is 3.25. The Morgan fingerprint density at radius 1 is 1.03 bits per heavy atom. The SMILES string of the molecule is COC(=O)c1ccc(-n2c(C)cc(/C=N\NC(=O)CNc3ccc(C)cc3)c2C)cc1. The van der Waals surface area contributed by atoms with Gasteiger partial charge in [-0.25, -0.2) is 10.2 Å². The minimum Gasteiger partial charge on any atom is -0.465 e. The summed E-state index contributed by atoms with van der Waals surface area (Å²) in [6.45, 7) is 6.11. The van der Waals surface area contributed by atoms with Crippen molar-refractivity contribution in [3.63, 3.8) is 0 Å². The molecule has 2 aromatic carbocycles. The number of carbonyl (C=O) groups excluding carboxylic acids is 2. The number of hydrogen-bond donors (Lipinski definition) is 2. The van der Waals surface area contributed by atoms with Gasteiger partial charge < -0.3 is 14.6 Å². The standard InChI is InChI=1S/C24H26N4O3/c1-16-5-9-21(10-6-16)25-15-23(29)27-26-14-20-13-17(2)28(18(20)3)22-11-7-19(8-12-22)24(30)31-4/h5-14,25H,15H2,1-4H3,(H,27,29)/b26-14-. The van der Waals surface area contributed by atoms with E-state index >= 15 is 0 Å². The number of aryl methyl sites for hydroxylation is 2. The Balaban J connectivity index is 1.63. The Morgan fingerprint density at radius 2 is 1.71 bits per heavy atom. The third kappa shape index (κ3) is 5.39. The van der Waals surface area contributed by atoms with Gasteiger partial charge in [-0.05, 0) is 63.2 Å². The number of rotatable bonds is 7. The lowest BCUT2D eigenvalue weighted by atomic mass is 10.2. The van der Waals surface area contributed by atoms with Gasteiger partial charge in [0.1, 0.15) is 0 Å². The molecule has 0 saturated heterocycles. The molecule has 2 N–H and O–H groups in total. The molecule has 3 rings (SSSR count). The Kier molecular flexibility index (Phi) is 6.87. The van der Waals surface area contributed by atoms with E-state index in [0.29, 0.717) is 5.56 Å². The molecule has 0 fully saturated rings. The minimum atomic E-state index is -0.368. The van der Waals surface area contributed by atoms with Crippen molar-refractivity contribution in [3.8, 4) is 5.69 Å². The largest absolute Gasteiger partial charge is 0.465 e. The minimum absolute atomic E-state index is 0.131. The molecular weight excluding hydrogens is 392 g/mol. The number of nitrogens with zero attached hydrogens (tertiary/aromatic N) is 2. The van der Waals surface area contributed by atoms with Crippen molar-refractivity contribution in [1.82, 2.24) is 9.99 Å². The highest BCUT2D eigenvalue weighted by atomic mass is 16.5. The highest BCUT2D eigenvalue weighted by Gasteiger charge is 2.11. The number of ether oxygens (including phenoxy) is 1. The number of esters is 1. The van der Waals surface area contributed by atoms with Gasteiger partial charge in [-0.3, -0.25) is 4.79 Å². The van der Waals surface area contributed by atoms with Crippen LogP contribution in [0.15, 0.2) is 59.7 Å². The average Bonchev–Trinajstić information content (AvgIpc) is 3.06. The maximum absolute atomic E-state index is 12.0. The lowest BCUT2D eigenvalue weighted by Gasteiger charge is -2.10. The molecule has 0 bridgehead atoms. The average molecular weight is 418 g/mol. The smallest absolute Gasteiger partial charge is 0.337 e. The van der Waals surface area contributed by atoms with Gasteiger partial charge in [0.05, 0.1) is 25.4 Å². The number of methoxy groups -OCH3 is 1. The Bertz CT molecular complexity index is 1100. The second-order valence-electron chi connectivity index (χ2n) is 7.21. The molecule has 7 nitrogen and oxygen atoms in total. The number of aromatic nitrogens is 1. The van der Waals surface area contributed by atoms with Crippen molar-refractivity contribution in [2.75, 3.05) is 19.0 Å². The molecule has 0 aliphatic rings. The van der Waals surface area contributed by atoms with E-state index in [0.717, 1.165) is 33.9 Å². The fourth-order valence-corrected chi connectivity index (χ4v) is 3.25. The predicted octanol–water partition coefficient (Wildman–Crippen LogP) is 3.75. The van der Waals surface area contributed by atoms with E-state index in [4.69, 9.17) is 4.74 Å². The molecule has 0 saturated carbocycles. The number of carbonyl (C=O) groups is 2. The first-order valence-electron chi connectivity index (χ1n) is 9.89. The van der Waals surface area contributed by atoms with Gasteiger partial charge in [0.2, 0.25) is 0 Å². The first-order valence-corrected chi connectivity index (χ1v) is 9.89. The van der Waals surface area contributed by atoms with Crippen LogP contribution in [0.4, 0.5) is 5.69 Å². The topological polar surface area (TPSA) is 84.7 Å². The van der Waals surface area contributed by atoms with E-state index < -0.39 is 0 Å². The summed E-state index contributed by atoms with van der Waals surface area (Å²) in [5.74, 6) is -0.600. The van der Waals surface area contributed by atoms with Crippen LogP contribution < -0.4 is 10.7 Å². The fraction of sp³-hybridized carbons (Fsp3) is 0.208. The Hall–Kier alpha value is -3.87. The molecule has 0 radical (unpaired) electrons. The summed E-state index contributed by atoms with van der Waals surface area (Å²) < 4.78 is 6.80. The van der Waals surface area contributed by atoms with Gasteiger partial charge in [0.25, 0.3) is 5.91 Å². The van der Waals surface area contributed by atoms with Gasteiger partial charge in [0, 0.05) is 28.3 Å². The van der Waals surface area contributed by atoms with E-state index in [9.17, 15) is 9.59 Å². The Labute approximate surface area is 181 Å². The van der Waals surface area contributed by atoms with Gasteiger partial charge in [0.15, 0.2) is 0 Å². The molecule has 1 amide bonds. The Morgan fingerprint density at radius 3 is 2.35 bits per heavy atom. The van der Waals surface area contributed by atoms with Gasteiger partial charge >= 0.3 is 5.97 Å². The first kappa shape index (κ1) is 21.8. The number of amides is 1. The summed E-state index contributed by atoms with van der Waals surface area (Å²) in [4.78, 5) is 23.7. The molecule has 31 heavy (non-hydrogen) atoms. The van der Waals surface area contributed by atoms with Crippen molar-refractivity contribution in [1.29, 1.82) is 0 Å². The number of anilines is 1. The number of benzene rings is 2. The van der Waals surface area contributed by atoms with Crippen molar-refractivity contribution >= 4 is 23.8 Å². The molecule has 3 aromatic rings. The highest BCUT2D eigenvalue weighted by Crippen LogP contribution is 2.20. The van der Waals surface area contributed by atoms with Gasteiger partial charge in [-0.15, -0.1) is 0 Å². The number of nitrogens with one attached hydrogen (secondary N) is 2. The number of hydrazone groups is 1. The molecule has 0 spiro atoms. The van der Waals surface area contributed by atoms with Crippen molar-refractivity contribution in [3.05, 3.63) is 82.7 Å². The van der Waals surface area contributed by atoms with E-state index in [1.54, 1.807) is 18.3 Å². The molecule has 7 heteroatoms. The van der Waals surface area contributed by atoms with E-state index in [1.165, 1.54) is 7.11 Å². The summed E-state index contributed by atoms with van der Waals surface area (Å²) >= 11 is 0. The van der Waals surface area contributed by atoms with E-state index in [1.807, 2.05) is 63.2 Å². The third-order valence-corrected chi connectivity index (χ3v) is 4.91. The molecule has 1 heterocycles. The molecule has 0 aliphatic heterocycles. The van der Waals surface area contributed by atoms with Crippen LogP contribution in [0.25, 0.3) is 5.69 Å². The third-order valence-electron chi connectivity index (χ3n) is 4.91. The van der Waals surface area contributed by atoms with E-state index in [-0.39, 0.29) is 18.4 Å². The van der Waals surface area contributed by atoms with Crippen LogP contribution in [0, 0.1) is 20.8 Å². The zero-order chi connectivity index (χ0) is 22.4. The molecular formula is C24H26N4O3. The second-order valence-corrected chi connectivity index (χ2v) is 7.21. The summed E-state index contributed by atoms with van der Waals surface area (Å²) in [7, 11) is 1.36. The molecule has 0 unspecified atom stereocenters. The van der Waals surface area contributed by atoms with Crippen molar-refractivity contribution in [2.24, 2.45) is 5.10 Å². The maximum Gasteiger partial charge on any atom is 0.337 e. The lowest BCUT2D eigenvalue weighted by Crippen LogP contribution is -2.25. The van der Waals surface area contributed by atoms with Crippen LogP contribution in [0.2, 0.25) is 0 Å². The second kappa shape index (κ2) is 9.75. The summed E-state index contributed by atoms with van der Waals surface area (Å²) in [6, 6.07) is 17.0. The maximum atomic E-state index is 12.0. The molecule has 0 atom stereocenters. The highest BCUT2D eigenvalue weighted by molar-refractivity contribution is 5.89. The van der Waals surface area contributed by atoms with Crippen LogP contribution in [-0.4, -0.2) is 36.3 Å². The monoisotopic (exact) mass is 418 g/mol. The van der Waals surface area contributed by atoms with Crippen molar-refractivity contribution in [2.45, 2.75) is 20.8 Å². The molecule has 160 valence electrons. The zero-order valence-corrected chi connectivity index (χ0v) is 18.1. The first-order chi connectivity index (χ1) is 14.9. The van der Waals surface area contributed by atoms with Gasteiger partial charge in [-0.2, -0.15) is 5.10 Å².